The van der Waals surface area contributed by atoms with Crippen LogP contribution in [0.15, 0.2) is 30.3 Å². The van der Waals surface area contributed by atoms with Crippen LogP contribution in [0.5, 0.6) is 0 Å². The van der Waals surface area contributed by atoms with Crippen molar-refractivity contribution < 1.29 is 14.3 Å². The first kappa shape index (κ1) is 16.2. The molecule has 0 aromatic heterocycles. The number of nitrogens with one attached hydrogen (secondary N) is 1. The minimum absolute atomic E-state index is 0.0659. The van der Waals surface area contributed by atoms with Gasteiger partial charge in [-0.2, -0.15) is 0 Å². The summed E-state index contributed by atoms with van der Waals surface area (Å²) in [6.45, 7) is 4.33. The highest BCUT2D eigenvalue weighted by Crippen LogP contribution is 2.38. The Labute approximate surface area is 148 Å². The van der Waals surface area contributed by atoms with Gasteiger partial charge in [0.15, 0.2) is 0 Å². The van der Waals surface area contributed by atoms with E-state index in [0.29, 0.717) is 51.0 Å². The Morgan fingerprint density at radius 3 is 2.60 bits per heavy atom. The van der Waals surface area contributed by atoms with Crippen molar-refractivity contribution in [2.24, 2.45) is 11.8 Å². The van der Waals surface area contributed by atoms with Gasteiger partial charge < -0.3 is 19.9 Å². The van der Waals surface area contributed by atoms with Crippen LogP contribution in [0.25, 0.3) is 0 Å². The van der Waals surface area contributed by atoms with Gasteiger partial charge >= 0.3 is 6.09 Å². The molecule has 4 rings (SSSR count). The van der Waals surface area contributed by atoms with E-state index in [0.717, 1.165) is 12.1 Å². The lowest BCUT2D eigenvalue weighted by molar-refractivity contribution is -0.125. The highest BCUT2D eigenvalue weighted by Gasteiger charge is 2.51. The van der Waals surface area contributed by atoms with Crippen LogP contribution in [0.3, 0.4) is 0 Å². The predicted octanol–water partition coefficient (Wildman–Crippen LogP) is 2.21. The summed E-state index contributed by atoms with van der Waals surface area (Å²) < 4.78 is 5.44. The first-order valence-corrected chi connectivity index (χ1v) is 9.13. The highest BCUT2D eigenvalue weighted by atomic mass is 16.6. The fourth-order valence-corrected chi connectivity index (χ4v) is 3.99. The number of amides is 2. The van der Waals surface area contributed by atoms with E-state index in [-0.39, 0.29) is 12.0 Å². The molecule has 2 aliphatic heterocycles. The van der Waals surface area contributed by atoms with Crippen LogP contribution in [0, 0.1) is 11.8 Å². The van der Waals surface area contributed by atoms with Gasteiger partial charge in [-0.05, 0) is 43.2 Å². The molecule has 0 radical (unpaired) electrons. The normalized spacial score (nSPS) is 27.3. The zero-order valence-electron chi connectivity index (χ0n) is 14.6. The Morgan fingerprint density at radius 1 is 1.28 bits per heavy atom. The molecule has 1 N–H and O–H groups in total. The monoisotopic (exact) mass is 343 g/mol. The van der Waals surface area contributed by atoms with Crippen molar-refractivity contribution in [3.05, 3.63) is 30.3 Å². The number of hydrogen-bond acceptors (Lipinski definition) is 4. The molecule has 2 saturated heterocycles. The molecular formula is C19H25N3O3. The van der Waals surface area contributed by atoms with Gasteiger partial charge in [0.2, 0.25) is 5.91 Å². The lowest BCUT2D eigenvalue weighted by atomic mass is 9.86. The van der Waals surface area contributed by atoms with E-state index in [2.05, 4.69) is 17.1 Å². The second-order valence-electron chi connectivity index (χ2n) is 7.50. The summed E-state index contributed by atoms with van der Waals surface area (Å²) in [4.78, 5) is 28.7. The number of ether oxygens (including phenoxy) is 1. The number of carbonyl (C=O) groups is 2. The van der Waals surface area contributed by atoms with E-state index >= 15 is 0 Å². The fraction of sp³-hybridized carbons (Fsp3) is 0.579. The molecule has 25 heavy (non-hydrogen) atoms. The van der Waals surface area contributed by atoms with E-state index in [9.17, 15) is 9.59 Å². The third kappa shape index (κ3) is 2.94. The summed E-state index contributed by atoms with van der Waals surface area (Å²) in [5.41, 5.74) is 0.489. The Hall–Kier alpha value is -2.24. The summed E-state index contributed by atoms with van der Waals surface area (Å²) in [6, 6.07) is 9.99. The molecule has 0 bridgehead atoms. The predicted molar refractivity (Wildman–Crippen MR) is 94.1 cm³/mol. The number of carbonyl (C=O) groups excluding carboxylic acids is 2. The summed E-state index contributed by atoms with van der Waals surface area (Å²) in [5.74, 6) is 1.28. The number of nitrogens with zero attached hydrogens (tertiary/aromatic N) is 2. The van der Waals surface area contributed by atoms with Crippen molar-refractivity contribution in [1.82, 2.24) is 10.2 Å². The number of benzene rings is 1. The second kappa shape index (κ2) is 6.24. The van der Waals surface area contributed by atoms with Crippen LogP contribution in [-0.4, -0.2) is 48.8 Å². The maximum absolute atomic E-state index is 12.6. The van der Waals surface area contributed by atoms with E-state index in [1.165, 1.54) is 0 Å². The molecule has 6 heteroatoms. The van der Waals surface area contributed by atoms with Crippen molar-refractivity contribution in [3.63, 3.8) is 0 Å². The molecule has 1 aliphatic carbocycles. The number of hydrogen-bond donors (Lipinski definition) is 1. The number of likely N-dealkylation sites (tertiary alicyclic amines) is 1. The Kier molecular flexibility index (Phi) is 4.06. The van der Waals surface area contributed by atoms with Gasteiger partial charge in [-0.1, -0.05) is 25.1 Å². The third-order valence-corrected chi connectivity index (χ3v) is 5.95. The fourth-order valence-electron chi connectivity index (χ4n) is 3.99. The maximum Gasteiger partial charge on any atom is 0.409 e. The molecule has 2 atom stereocenters. The van der Waals surface area contributed by atoms with Gasteiger partial charge in [-0.15, -0.1) is 0 Å². The van der Waals surface area contributed by atoms with Crippen LogP contribution >= 0.6 is 0 Å². The molecule has 1 aromatic carbocycles. The van der Waals surface area contributed by atoms with Crippen molar-refractivity contribution in [2.75, 3.05) is 31.3 Å². The molecular weight excluding hydrogens is 318 g/mol. The average Bonchev–Trinajstić information content (AvgIpc) is 3.27. The lowest BCUT2D eigenvalue weighted by Gasteiger charge is -2.42. The first-order chi connectivity index (χ1) is 12.1. The molecule has 6 nitrogen and oxygen atoms in total. The first-order valence-electron chi connectivity index (χ1n) is 9.13. The van der Waals surface area contributed by atoms with E-state index in [1.54, 1.807) is 4.90 Å². The van der Waals surface area contributed by atoms with Gasteiger partial charge in [0.1, 0.15) is 5.54 Å². The quantitative estimate of drug-likeness (QED) is 0.914. The number of anilines is 1. The van der Waals surface area contributed by atoms with E-state index in [4.69, 9.17) is 4.74 Å². The van der Waals surface area contributed by atoms with Crippen molar-refractivity contribution in [1.29, 1.82) is 0 Å². The average molecular weight is 343 g/mol. The Bertz CT molecular complexity index is 655. The molecule has 2 heterocycles. The second-order valence-corrected chi connectivity index (χ2v) is 7.50. The largest absolute Gasteiger partial charge is 0.449 e. The van der Waals surface area contributed by atoms with Gasteiger partial charge in [0.05, 0.1) is 13.3 Å². The molecule has 2 amide bonds. The summed E-state index contributed by atoms with van der Waals surface area (Å²) in [5, 5.41) is 2.98. The molecule has 3 aliphatic rings. The third-order valence-electron chi connectivity index (χ3n) is 5.95. The molecule has 1 aromatic rings. The van der Waals surface area contributed by atoms with Gasteiger partial charge in [0, 0.05) is 18.8 Å². The Morgan fingerprint density at radius 2 is 1.96 bits per heavy atom. The van der Waals surface area contributed by atoms with Crippen LogP contribution in [0.1, 0.15) is 26.2 Å². The minimum atomic E-state index is -0.552. The molecule has 134 valence electrons. The zero-order chi connectivity index (χ0) is 17.4. The summed E-state index contributed by atoms with van der Waals surface area (Å²) >= 11 is 0. The van der Waals surface area contributed by atoms with Crippen LogP contribution in [0.4, 0.5) is 10.5 Å². The summed E-state index contributed by atoms with van der Waals surface area (Å²) in [7, 11) is 0. The minimum Gasteiger partial charge on any atom is -0.449 e. The topological polar surface area (TPSA) is 61.9 Å². The molecule has 1 spiro atoms. The smallest absolute Gasteiger partial charge is 0.409 e. The number of para-hydroxylation sites is 1. The van der Waals surface area contributed by atoms with Crippen LogP contribution in [0.2, 0.25) is 0 Å². The SMILES string of the molecule is CC1CC1COC(=O)N1CCC2(CC1)C(=O)NCN2c1ccccc1. The molecule has 2 unspecified atom stereocenters. The molecule has 1 saturated carbocycles. The van der Waals surface area contributed by atoms with Crippen molar-refractivity contribution >= 4 is 17.7 Å². The number of rotatable bonds is 3. The van der Waals surface area contributed by atoms with E-state index < -0.39 is 5.54 Å². The van der Waals surface area contributed by atoms with Crippen molar-refractivity contribution in [3.8, 4) is 0 Å². The van der Waals surface area contributed by atoms with Crippen LogP contribution < -0.4 is 10.2 Å². The van der Waals surface area contributed by atoms with Crippen LogP contribution in [-0.2, 0) is 9.53 Å². The lowest BCUT2D eigenvalue weighted by Crippen LogP contribution is -2.57. The van der Waals surface area contributed by atoms with Gasteiger partial charge in [-0.25, -0.2) is 4.79 Å². The van der Waals surface area contributed by atoms with Crippen molar-refractivity contribution in [2.45, 2.75) is 31.7 Å². The van der Waals surface area contributed by atoms with E-state index in [1.807, 2.05) is 30.3 Å². The standard InChI is InChI=1S/C19H25N3O3/c1-14-11-15(14)12-25-18(24)21-9-7-19(8-10-21)17(23)20-13-22(19)16-5-3-2-4-6-16/h2-6,14-15H,7-13H2,1H3,(H,20,23). The number of piperidine rings is 1. The van der Waals surface area contributed by atoms with Gasteiger partial charge in [0.25, 0.3) is 0 Å². The zero-order valence-corrected chi connectivity index (χ0v) is 14.6. The molecule has 3 fully saturated rings. The Balaban J connectivity index is 1.40. The summed E-state index contributed by atoms with van der Waals surface area (Å²) in [6.07, 6.45) is 2.17. The van der Waals surface area contributed by atoms with Gasteiger partial charge in [-0.3, -0.25) is 4.79 Å². The maximum atomic E-state index is 12.6. The highest BCUT2D eigenvalue weighted by molar-refractivity contribution is 5.93.